The minimum atomic E-state index is -0.620. The van der Waals surface area contributed by atoms with Crippen molar-refractivity contribution in [3.05, 3.63) is 95.2 Å². The fourth-order valence-corrected chi connectivity index (χ4v) is 6.32. The fourth-order valence-electron chi connectivity index (χ4n) is 6.32. The van der Waals surface area contributed by atoms with Crippen molar-refractivity contribution in [2.24, 2.45) is 7.05 Å². The van der Waals surface area contributed by atoms with Gasteiger partial charge in [-0.3, -0.25) is 14.3 Å². The number of carbonyl (C=O) groups is 2. The maximum Gasteiger partial charge on any atom is 0.272 e. The normalized spacial score (nSPS) is 18.8. The van der Waals surface area contributed by atoms with Crippen LogP contribution in [0.5, 0.6) is 11.6 Å². The minimum absolute atomic E-state index is 0.00625. The van der Waals surface area contributed by atoms with Gasteiger partial charge in [0.05, 0.1) is 6.20 Å². The molecule has 1 saturated heterocycles. The van der Waals surface area contributed by atoms with Gasteiger partial charge in [-0.2, -0.15) is 5.10 Å². The molecule has 252 valence electrons. The number of halogens is 1. The topological polar surface area (TPSA) is 105 Å². The van der Waals surface area contributed by atoms with Crippen molar-refractivity contribution in [1.29, 1.82) is 0 Å². The van der Waals surface area contributed by atoms with Gasteiger partial charge >= 0.3 is 0 Å². The van der Waals surface area contributed by atoms with E-state index in [0.29, 0.717) is 37.1 Å². The van der Waals surface area contributed by atoms with Crippen molar-refractivity contribution in [3.8, 4) is 22.8 Å². The monoisotopic (exact) mass is 653 g/mol. The lowest BCUT2D eigenvalue weighted by molar-refractivity contribution is 0.0887. The molecule has 10 nitrogen and oxygen atoms in total. The highest BCUT2D eigenvalue weighted by Crippen LogP contribution is 2.29. The van der Waals surface area contributed by atoms with E-state index in [0.717, 1.165) is 68.2 Å². The van der Waals surface area contributed by atoms with Crippen LogP contribution in [-0.4, -0.2) is 88.2 Å². The lowest BCUT2D eigenvalue weighted by atomic mass is 9.91. The number of piperazine rings is 1. The Morgan fingerprint density at radius 3 is 2.23 bits per heavy atom. The van der Waals surface area contributed by atoms with Gasteiger partial charge in [0.25, 0.3) is 11.8 Å². The average molecular weight is 654 g/mol. The molecule has 4 aromatic rings. The number of rotatable bonds is 10. The summed E-state index contributed by atoms with van der Waals surface area (Å²) in [6.45, 7) is 7.42. The van der Waals surface area contributed by atoms with E-state index >= 15 is 0 Å². The molecule has 2 aromatic carbocycles. The van der Waals surface area contributed by atoms with E-state index in [1.807, 2.05) is 25.1 Å². The smallest absolute Gasteiger partial charge is 0.272 e. The van der Waals surface area contributed by atoms with Gasteiger partial charge in [-0.25, -0.2) is 9.37 Å². The van der Waals surface area contributed by atoms with Gasteiger partial charge in [0.1, 0.15) is 22.8 Å². The molecule has 0 spiro atoms. The number of benzene rings is 2. The minimum Gasteiger partial charge on any atom is -0.438 e. The zero-order valence-corrected chi connectivity index (χ0v) is 27.9. The van der Waals surface area contributed by atoms with E-state index in [1.54, 1.807) is 23.9 Å². The van der Waals surface area contributed by atoms with Crippen molar-refractivity contribution < 1.29 is 18.7 Å². The molecule has 1 aliphatic carbocycles. The Labute approximate surface area is 281 Å². The third-order valence-corrected chi connectivity index (χ3v) is 9.45. The molecule has 0 atom stereocenters. The van der Waals surface area contributed by atoms with E-state index in [9.17, 15) is 14.0 Å². The third-order valence-electron chi connectivity index (χ3n) is 9.45. The maximum atomic E-state index is 14.3. The lowest BCUT2D eigenvalue weighted by Gasteiger charge is -2.32. The first-order valence-corrected chi connectivity index (χ1v) is 16.8. The molecule has 3 heterocycles. The van der Waals surface area contributed by atoms with Crippen LogP contribution in [0.1, 0.15) is 57.8 Å². The number of aromatic nitrogens is 3. The predicted octanol–water partition coefficient (Wildman–Crippen LogP) is 4.98. The summed E-state index contributed by atoms with van der Waals surface area (Å²) in [6.07, 6.45) is 4.82. The van der Waals surface area contributed by atoms with Gasteiger partial charge in [0.2, 0.25) is 5.88 Å². The standard InChI is InChI=1S/C37H44FN7O3/c1-25-21-34(42-44(25)3)36(47)41-31-13-11-30(12-14-31)40-35(46)33-23-29(38)24-39-37(33)48-32-6-4-5-28(22-32)27-9-7-26(8-10-27)15-16-45-19-17-43(2)18-20-45/h4-10,21-24,30-31H,11-20H2,1-3H3,(H,40,46)(H,41,47). The summed E-state index contributed by atoms with van der Waals surface area (Å²) < 4.78 is 22.1. The Morgan fingerprint density at radius 1 is 0.875 bits per heavy atom. The van der Waals surface area contributed by atoms with Gasteiger partial charge in [0.15, 0.2) is 0 Å². The molecule has 2 amide bonds. The Hall–Kier alpha value is -4.61. The fraction of sp³-hybridized carbons (Fsp3) is 0.405. The number of carbonyl (C=O) groups excluding carboxylic acids is 2. The SMILES string of the molecule is Cc1cc(C(=O)NC2CCC(NC(=O)c3cc(F)cnc3Oc3cccc(-c4ccc(CCN5CCN(C)CC5)cc4)c3)CC2)nn1C. The highest BCUT2D eigenvalue weighted by molar-refractivity contribution is 5.96. The summed E-state index contributed by atoms with van der Waals surface area (Å²) in [7, 11) is 3.98. The third kappa shape index (κ3) is 8.45. The molecule has 6 rings (SSSR count). The van der Waals surface area contributed by atoms with Crippen LogP contribution in [0, 0.1) is 12.7 Å². The number of ether oxygens (including phenoxy) is 1. The van der Waals surface area contributed by atoms with Gasteiger partial charge < -0.3 is 25.2 Å². The Kier molecular flexibility index (Phi) is 10.5. The number of likely N-dealkylation sites (N-methyl/N-ethyl adjacent to an activating group) is 1. The second-order valence-corrected chi connectivity index (χ2v) is 13.0. The quantitative estimate of drug-likeness (QED) is 0.249. The zero-order chi connectivity index (χ0) is 33.6. The van der Waals surface area contributed by atoms with E-state index in [4.69, 9.17) is 4.74 Å². The summed E-state index contributed by atoms with van der Waals surface area (Å²) in [5.74, 6) is -0.727. The molecule has 0 radical (unpaired) electrons. The number of amides is 2. The Bertz CT molecular complexity index is 1710. The van der Waals surface area contributed by atoms with Gasteiger partial charge in [-0.15, -0.1) is 0 Å². The molecule has 0 bridgehead atoms. The summed E-state index contributed by atoms with van der Waals surface area (Å²) in [5.41, 5.74) is 4.66. The van der Waals surface area contributed by atoms with Crippen LogP contribution in [0.3, 0.4) is 0 Å². The number of pyridine rings is 1. The molecule has 2 aromatic heterocycles. The first-order chi connectivity index (χ1) is 23.2. The first kappa shape index (κ1) is 33.3. The average Bonchev–Trinajstić information content (AvgIpc) is 3.44. The van der Waals surface area contributed by atoms with E-state index in [-0.39, 0.29) is 29.4 Å². The predicted molar refractivity (Wildman–Crippen MR) is 183 cm³/mol. The summed E-state index contributed by atoms with van der Waals surface area (Å²) in [5, 5.41) is 10.3. The van der Waals surface area contributed by atoms with E-state index in [2.05, 4.69) is 61.8 Å². The van der Waals surface area contributed by atoms with Crippen molar-refractivity contribution >= 4 is 11.8 Å². The van der Waals surface area contributed by atoms with Crippen LogP contribution in [0.4, 0.5) is 4.39 Å². The van der Waals surface area contributed by atoms with Gasteiger partial charge in [-0.05, 0) is 87.0 Å². The molecule has 11 heteroatoms. The second-order valence-electron chi connectivity index (χ2n) is 13.0. The van der Waals surface area contributed by atoms with Gasteiger partial charge in [-0.1, -0.05) is 36.4 Å². The highest BCUT2D eigenvalue weighted by atomic mass is 19.1. The van der Waals surface area contributed by atoms with Crippen LogP contribution in [0.15, 0.2) is 66.9 Å². The first-order valence-electron chi connectivity index (χ1n) is 16.8. The zero-order valence-electron chi connectivity index (χ0n) is 27.9. The maximum absolute atomic E-state index is 14.3. The van der Waals surface area contributed by atoms with Crippen LogP contribution < -0.4 is 15.4 Å². The molecule has 2 fully saturated rings. The van der Waals surface area contributed by atoms with Crippen LogP contribution in [0.2, 0.25) is 0 Å². The molecular weight excluding hydrogens is 609 g/mol. The Morgan fingerprint density at radius 2 is 1.56 bits per heavy atom. The van der Waals surface area contributed by atoms with E-state index in [1.165, 1.54) is 5.56 Å². The molecule has 2 aliphatic rings. The lowest BCUT2D eigenvalue weighted by Crippen LogP contribution is -2.45. The largest absolute Gasteiger partial charge is 0.438 e. The molecule has 1 saturated carbocycles. The second kappa shape index (κ2) is 15.1. The molecule has 0 unspecified atom stereocenters. The summed E-state index contributed by atoms with van der Waals surface area (Å²) >= 11 is 0. The summed E-state index contributed by atoms with van der Waals surface area (Å²) in [6, 6.07) is 19.0. The van der Waals surface area contributed by atoms with Crippen molar-refractivity contribution in [2.75, 3.05) is 39.8 Å². The molecule has 1 aliphatic heterocycles. The van der Waals surface area contributed by atoms with Crippen LogP contribution >= 0.6 is 0 Å². The van der Waals surface area contributed by atoms with Crippen molar-refractivity contribution in [1.82, 2.24) is 35.2 Å². The molecular formula is C37H44FN7O3. The molecule has 2 N–H and O–H groups in total. The van der Waals surface area contributed by atoms with Crippen LogP contribution in [-0.2, 0) is 13.5 Å². The molecule has 48 heavy (non-hydrogen) atoms. The highest BCUT2D eigenvalue weighted by Gasteiger charge is 2.26. The van der Waals surface area contributed by atoms with Gasteiger partial charge in [0, 0.05) is 57.5 Å². The van der Waals surface area contributed by atoms with Crippen molar-refractivity contribution in [3.63, 3.8) is 0 Å². The number of hydrogen-bond acceptors (Lipinski definition) is 7. The van der Waals surface area contributed by atoms with Crippen LogP contribution in [0.25, 0.3) is 11.1 Å². The number of nitrogens with one attached hydrogen (secondary N) is 2. The van der Waals surface area contributed by atoms with Crippen molar-refractivity contribution in [2.45, 2.75) is 51.1 Å². The number of aryl methyl sites for hydroxylation is 2. The van der Waals surface area contributed by atoms with E-state index < -0.39 is 11.7 Å². The number of hydrogen-bond donors (Lipinski definition) is 2. The Balaban J connectivity index is 1.04. The number of nitrogens with zero attached hydrogens (tertiary/aromatic N) is 5. The summed E-state index contributed by atoms with van der Waals surface area (Å²) in [4.78, 5) is 35.0.